The summed E-state index contributed by atoms with van der Waals surface area (Å²) in [5, 5.41) is 0. The van der Waals surface area contributed by atoms with Crippen LogP contribution in [0.5, 0.6) is 0 Å². The summed E-state index contributed by atoms with van der Waals surface area (Å²) in [6.07, 6.45) is 0.448. The van der Waals surface area contributed by atoms with Gasteiger partial charge in [0, 0.05) is 6.42 Å². The lowest BCUT2D eigenvalue weighted by molar-refractivity contribution is 0.565. The summed E-state index contributed by atoms with van der Waals surface area (Å²) in [6.45, 7) is 0.418. The van der Waals surface area contributed by atoms with Crippen LogP contribution in [0.3, 0.4) is 0 Å². The van der Waals surface area contributed by atoms with E-state index in [2.05, 4.69) is 0 Å². The molecule has 0 heterocycles. The summed E-state index contributed by atoms with van der Waals surface area (Å²) in [5.74, 6) is 1.53. The molecule has 0 rings (SSSR count). The first-order valence-corrected chi connectivity index (χ1v) is 2.00. The second kappa shape index (κ2) is 3.40. The molecule has 0 saturated heterocycles. The summed E-state index contributed by atoms with van der Waals surface area (Å²) >= 11 is 0. The zero-order valence-corrected chi connectivity index (χ0v) is 3.98. The van der Waals surface area contributed by atoms with Gasteiger partial charge in [0.1, 0.15) is 5.94 Å². The predicted molar refractivity (Wildman–Crippen MR) is 27.1 cm³/mol. The van der Waals surface area contributed by atoms with Crippen LogP contribution in [0.2, 0.25) is 0 Å². The molecular weight excluding hydrogens is 92.1 g/mol. The molecule has 0 unspecified atom stereocenters. The van der Waals surface area contributed by atoms with E-state index in [9.17, 15) is 4.79 Å². The fourth-order valence-corrected chi connectivity index (χ4v) is 0.207. The largest absolute Gasteiger partial charge is 0.393 e. The van der Waals surface area contributed by atoms with Gasteiger partial charge in [0.05, 0.1) is 5.70 Å². The molecule has 0 amide bonds. The van der Waals surface area contributed by atoms with E-state index in [1.54, 1.807) is 0 Å². The Balaban J connectivity index is 3.37. The van der Waals surface area contributed by atoms with Gasteiger partial charge in [-0.05, 0) is 6.54 Å². The Morgan fingerprint density at radius 1 is 1.71 bits per heavy atom. The Labute approximate surface area is 42.0 Å². The Bertz CT molecular complexity index is 93.9. The highest BCUT2D eigenvalue weighted by molar-refractivity contribution is 5.50. The maximum absolute atomic E-state index is 9.55. The third-order valence-electron chi connectivity index (χ3n) is 0.545. The minimum atomic E-state index is 0.197. The monoisotopic (exact) mass is 100 g/mol. The van der Waals surface area contributed by atoms with E-state index in [1.807, 2.05) is 0 Å². The maximum Gasteiger partial charge on any atom is 0.145 e. The lowest BCUT2D eigenvalue weighted by Crippen LogP contribution is -2.06. The highest BCUT2D eigenvalue weighted by Crippen LogP contribution is 1.78. The number of rotatable bonds is 2. The summed E-state index contributed by atoms with van der Waals surface area (Å²) in [6, 6.07) is 0. The van der Waals surface area contributed by atoms with E-state index in [0.717, 1.165) is 0 Å². The molecule has 0 aromatic rings. The van der Waals surface area contributed by atoms with E-state index in [-0.39, 0.29) is 5.70 Å². The van der Waals surface area contributed by atoms with Crippen molar-refractivity contribution in [3.8, 4) is 0 Å². The second-order valence-corrected chi connectivity index (χ2v) is 1.17. The molecule has 0 aliphatic heterocycles. The van der Waals surface area contributed by atoms with Gasteiger partial charge >= 0.3 is 0 Å². The Morgan fingerprint density at radius 2 is 2.29 bits per heavy atom. The van der Waals surface area contributed by atoms with Crippen LogP contribution in [0.25, 0.3) is 0 Å². The van der Waals surface area contributed by atoms with Crippen LogP contribution in [0.1, 0.15) is 6.42 Å². The van der Waals surface area contributed by atoms with Crippen molar-refractivity contribution < 1.29 is 4.79 Å². The summed E-state index contributed by atoms with van der Waals surface area (Å²) in [4.78, 5) is 9.55. The van der Waals surface area contributed by atoms with Gasteiger partial charge in [0.15, 0.2) is 0 Å². The van der Waals surface area contributed by atoms with Crippen LogP contribution < -0.4 is 11.5 Å². The van der Waals surface area contributed by atoms with Crippen molar-refractivity contribution in [3.63, 3.8) is 0 Å². The molecule has 3 nitrogen and oxygen atoms in total. The van der Waals surface area contributed by atoms with Crippen molar-refractivity contribution in [3.05, 3.63) is 5.70 Å². The highest BCUT2D eigenvalue weighted by Gasteiger charge is 1.83. The zero-order chi connectivity index (χ0) is 5.70. The molecule has 4 N–H and O–H groups in total. The van der Waals surface area contributed by atoms with Gasteiger partial charge in [0.25, 0.3) is 0 Å². The fraction of sp³-hybridized carbons (Fsp3) is 0.500. The van der Waals surface area contributed by atoms with Crippen molar-refractivity contribution in [1.82, 2.24) is 0 Å². The molecule has 0 aromatic carbocycles. The van der Waals surface area contributed by atoms with E-state index >= 15 is 0 Å². The molecule has 0 aromatic heterocycles. The molecule has 0 saturated carbocycles. The third kappa shape index (κ3) is 3.03. The third-order valence-corrected chi connectivity index (χ3v) is 0.545. The topological polar surface area (TPSA) is 69.1 Å². The number of carbonyl (C=O) groups excluding carboxylic acids is 1. The molecule has 0 fully saturated rings. The van der Waals surface area contributed by atoms with Gasteiger partial charge in [-0.15, -0.1) is 0 Å². The van der Waals surface area contributed by atoms with Gasteiger partial charge in [-0.25, -0.2) is 4.79 Å². The first-order valence-electron chi connectivity index (χ1n) is 2.00. The number of hydrogen-bond donors (Lipinski definition) is 2. The van der Waals surface area contributed by atoms with Gasteiger partial charge in [0.2, 0.25) is 0 Å². The second-order valence-electron chi connectivity index (χ2n) is 1.17. The average Bonchev–Trinajstić information content (AvgIpc) is 1.68. The van der Waals surface area contributed by atoms with E-state index < -0.39 is 0 Å². The lowest BCUT2D eigenvalue weighted by atomic mass is 10.4. The Morgan fingerprint density at radius 3 is 2.43 bits per heavy atom. The Hall–Kier alpha value is -0.790. The van der Waals surface area contributed by atoms with Gasteiger partial charge in [-0.2, -0.15) is 0 Å². The smallest absolute Gasteiger partial charge is 0.145 e. The normalized spacial score (nSPS) is 7.57. The zero-order valence-electron chi connectivity index (χ0n) is 3.98. The van der Waals surface area contributed by atoms with Crippen LogP contribution in [-0.2, 0) is 4.79 Å². The molecule has 0 spiro atoms. The van der Waals surface area contributed by atoms with Crippen LogP contribution in [-0.4, -0.2) is 12.5 Å². The van der Waals surface area contributed by atoms with Crippen molar-refractivity contribution >= 4 is 5.94 Å². The van der Waals surface area contributed by atoms with Crippen LogP contribution in [0.4, 0.5) is 0 Å². The molecule has 0 radical (unpaired) electrons. The van der Waals surface area contributed by atoms with Crippen molar-refractivity contribution in [2.24, 2.45) is 11.5 Å². The molecule has 40 valence electrons. The average molecular weight is 100 g/mol. The van der Waals surface area contributed by atoms with Crippen LogP contribution >= 0.6 is 0 Å². The first kappa shape index (κ1) is 6.21. The number of hydrogen-bond acceptors (Lipinski definition) is 3. The first-order chi connectivity index (χ1) is 3.31. The fourth-order valence-electron chi connectivity index (χ4n) is 0.207. The molecular formula is C4H8N2O. The minimum absolute atomic E-state index is 0.197. The van der Waals surface area contributed by atoms with Crippen molar-refractivity contribution in [2.45, 2.75) is 6.42 Å². The van der Waals surface area contributed by atoms with E-state index in [1.165, 1.54) is 5.94 Å². The molecule has 0 aliphatic rings. The molecule has 0 bridgehead atoms. The predicted octanol–water partition coefficient (Wildman–Crippen LogP) is -0.991. The maximum atomic E-state index is 9.55. The van der Waals surface area contributed by atoms with Crippen molar-refractivity contribution in [1.29, 1.82) is 0 Å². The van der Waals surface area contributed by atoms with Gasteiger partial charge in [-0.3, -0.25) is 0 Å². The van der Waals surface area contributed by atoms with E-state index in [4.69, 9.17) is 11.5 Å². The molecule has 3 heteroatoms. The van der Waals surface area contributed by atoms with E-state index in [0.29, 0.717) is 13.0 Å². The quantitative estimate of drug-likeness (QED) is 0.438. The molecule has 7 heavy (non-hydrogen) atoms. The highest BCUT2D eigenvalue weighted by atomic mass is 16.1. The summed E-state index contributed by atoms with van der Waals surface area (Å²) < 4.78 is 0. The molecule has 0 aliphatic carbocycles. The van der Waals surface area contributed by atoms with Crippen LogP contribution in [0, 0.1) is 0 Å². The lowest BCUT2D eigenvalue weighted by Gasteiger charge is -1.85. The van der Waals surface area contributed by atoms with Gasteiger partial charge < -0.3 is 11.5 Å². The standard InChI is InChI=1S/C4H8N2O/c5-2-1-4(6)3-7/h1-2,5-6H2. The Kier molecular flexibility index (Phi) is 3.02. The number of nitrogens with two attached hydrogens (primary N) is 2. The van der Waals surface area contributed by atoms with Crippen LogP contribution in [0.15, 0.2) is 5.70 Å². The molecule has 0 atom stereocenters. The minimum Gasteiger partial charge on any atom is -0.393 e. The van der Waals surface area contributed by atoms with Gasteiger partial charge in [-0.1, -0.05) is 0 Å². The van der Waals surface area contributed by atoms with Crippen molar-refractivity contribution in [2.75, 3.05) is 6.54 Å². The summed E-state index contributed by atoms with van der Waals surface area (Å²) in [7, 11) is 0. The summed E-state index contributed by atoms with van der Waals surface area (Å²) in [5.41, 5.74) is 10.2. The SMILES string of the molecule is NCCC(N)=C=O.